The molecule has 0 amide bonds. The summed E-state index contributed by atoms with van der Waals surface area (Å²) in [5.41, 5.74) is 4.77. The number of oxime groups is 1. The average Bonchev–Trinajstić information content (AvgIpc) is 2.90. The number of allylic oxidation sites excluding steroid dienone is 1. The van der Waals surface area contributed by atoms with E-state index in [1.165, 1.54) is 55.4 Å². The van der Waals surface area contributed by atoms with Crippen LogP contribution in [0.3, 0.4) is 0 Å². The summed E-state index contributed by atoms with van der Waals surface area (Å²) in [4.78, 5) is 8.56. The van der Waals surface area contributed by atoms with Crippen LogP contribution >= 0.6 is 0 Å². The fourth-order valence-electron chi connectivity index (χ4n) is 5.49. The fourth-order valence-corrected chi connectivity index (χ4v) is 5.49. The molecule has 1 saturated heterocycles. The second kappa shape index (κ2) is 14.3. The van der Waals surface area contributed by atoms with Crippen molar-refractivity contribution in [1.82, 2.24) is 10.2 Å². The number of rotatable bonds is 11. The Balaban J connectivity index is 1.40. The van der Waals surface area contributed by atoms with E-state index in [0.717, 1.165) is 56.7 Å². The summed E-state index contributed by atoms with van der Waals surface area (Å²) in [6, 6.07) is 18.0. The van der Waals surface area contributed by atoms with Crippen molar-refractivity contribution in [3.05, 3.63) is 77.1 Å². The molecule has 0 bridgehead atoms. The van der Waals surface area contributed by atoms with E-state index in [0.29, 0.717) is 18.6 Å². The number of nitrogens with zero attached hydrogens (tertiary/aromatic N) is 2. The lowest BCUT2D eigenvalue weighted by Crippen LogP contribution is -2.53. The van der Waals surface area contributed by atoms with Crippen LogP contribution in [-0.2, 0) is 11.3 Å². The average molecular weight is 492 g/mol. The zero-order chi connectivity index (χ0) is 25.0. The Hall–Kier alpha value is -2.50. The van der Waals surface area contributed by atoms with E-state index in [-0.39, 0.29) is 5.82 Å². The number of hydrogen-bond acceptors (Lipinski definition) is 4. The molecule has 2 unspecified atom stereocenters. The van der Waals surface area contributed by atoms with Crippen LogP contribution in [0, 0.1) is 11.7 Å². The van der Waals surface area contributed by atoms with Gasteiger partial charge in [-0.3, -0.25) is 4.90 Å². The third kappa shape index (κ3) is 8.01. The molecule has 1 aliphatic carbocycles. The number of benzene rings is 2. The summed E-state index contributed by atoms with van der Waals surface area (Å²) in [7, 11) is 0. The van der Waals surface area contributed by atoms with Gasteiger partial charge < -0.3 is 10.2 Å². The molecule has 1 saturated carbocycles. The fraction of sp³-hybridized carbons (Fsp3) is 0.516. The Morgan fingerprint density at radius 3 is 2.75 bits per heavy atom. The smallest absolute Gasteiger partial charge is 0.129 e. The van der Waals surface area contributed by atoms with Crippen LogP contribution in [-0.4, -0.2) is 49.4 Å². The summed E-state index contributed by atoms with van der Waals surface area (Å²) in [5.74, 6) is 0.246. The topological polar surface area (TPSA) is 36.9 Å². The molecule has 4 nitrogen and oxygen atoms in total. The predicted molar refractivity (Wildman–Crippen MR) is 148 cm³/mol. The first-order chi connectivity index (χ1) is 17.7. The van der Waals surface area contributed by atoms with E-state index in [1.807, 2.05) is 12.1 Å². The maximum absolute atomic E-state index is 13.4. The van der Waals surface area contributed by atoms with Gasteiger partial charge in [0.2, 0.25) is 0 Å². The quantitative estimate of drug-likeness (QED) is 0.289. The Bertz CT molecular complexity index is 973. The normalized spacial score (nSPS) is 23.3. The lowest BCUT2D eigenvalue weighted by Gasteiger charge is -2.36. The Morgan fingerprint density at radius 2 is 1.94 bits per heavy atom. The van der Waals surface area contributed by atoms with Crippen LogP contribution in [0.25, 0.3) is 6.08 Å². The van der Waals surface area contributed by atoms with Crippen molar-refractivity contribution in [3.8, 4) is 0 Å². The molecule has 5 heteroatoms. The van der Waals surface area contributed by atoms with Crippen molar-refractivity contribution in [1.29, 1.82) is 0 Å². The molecule has 0 spiro atoms. The molecular formula is C31H42FN3O. The SMILES string of the molecule is CCCCCC1CCCC(=C\c2ccc(F)cc2)/C1=N/OCCN1CCNCC1Cc1ccccc1. The molecule has 36 heavy (non-hydrogen) atoms. The molecule has 0 radical (unpaired) electrons. The highest BCUT2D eigenvalue weighted by Gasteiger charge is 2.26. The lowest BCUT2D eigenvalue weighted by atomic mass is 9.80. The third-order valence-corrected chi connectivity index (χ3v) is 7.50. The van der Waals surface area contributed by atoms with Crippen molar-refractivity contribution in [3.63, 3.8) is 0 Å². The maximum Gasteiger partial charge on any atom is 0.129 e. The number of piperazine rings is 1. The molecule has 2 atom stereocenters. The molecule has 0 aromatic heterocycles. The molecule has 1 aliphatic heterocycles. The Labute approximate surface area is 216 Å². The van der Waals surface area contributed by atoms with E-state index in [2.05, 4.69) is 53.5 Å². The van der Waals surface area contributed by atoms with Gasteiger partial charge in [-0.15, -0.1) is 0 Å². The minimum atomic E-state index is -0.200. The largest absolute Gasteiger partial charge is 0.394 e. The molecule has 2 aromatic rings. The van der Waals surface area contributed by atoms with E-state index < -0.39 is 0 Å². The summed E-state index contributed by atoms with van der Waals surface area (Å²) >= 11 is 0. The van der Waals surface area contributed by atoms with Crippen molar-refractivity contribution < 1.29 is 9.23 Å². The van der Waals surface area contributed by atoms with E-state index in [4.69, 9.17) is 9.99 Å². The van der Waals surface area contributed by atoms with Gasteiger partial charge in [-0.2, -0.15) is 0 Å². The van der Waals surface area contributed by atoms with Crippen molar-refractivity contribution in [2.24, 2.45) is 11.1 Å². The predicted octanol–water partition coefficient (Wildman–Crippen LogP) is 6.48. The van der Waals surface area contributed by atoms with Crippen LogP contribution in [0.2, 0.25) is 0 Å². The van der Waals surface area contributed by atoms with Crippen molar-refractivity contribution >= 4 is 11.8 Å². The van der Waals surface area contributed by atoms with Gasteiger partial charge in [-0.05, 0) is 67.0 Å². The number of nitrogens with one attached hydrogen (secondary N) is 1. The first-order valence-electron chi connectivity index (χ1n) is 13.9. The summed E-state index contributed by atoms with van der Waals surface area (Å²) < 4.78 is 13.4. The van der Waals surface area contributed by atoms with Gasteiger partial charge >= 0.3 is 0 Å². The molecule has 194 valence electrons. The van der Waals surface area contributed by atoms with Gasteiger partial charge in [0.05, 0.1) is 5.71 Å². The number of unbranched alkanes of at least 4 members (excludes halogenated alkanes) is 2. The summed E-state index contributed by atoms with van der Waals surface area (Å²) in [6.45, 7) is 6.79. The Morgan fingerprint density at radius 1 is 1.11 bits per heavy atom. The molecule has 4 rings (SSSR count). The van der Waals surface area contributed by atoms with Gasteiger partial charge in [0, 0.05) is 38.1 Å². The van der Waals surface area contributed by atoms with E-state index in [9.17, 15) is 4.39 Å². The van der Waals surface area contributed by atoms with Gasteiger partial charge in [0.1, 0.15) is 12.4 Å². The monoisotopic (exact) mass is 491 g/mol. The number of halogens is 1. The van der Waals surface area contributed by atoms with Crippen molar-refractivity contribution in [2.45, 2.75) is 64.3 Å². The summed E-state index contributed by atoms with van der Waals surface area (Å²) in [5, 5.41) is 8.31. The second-order valence-electron chi connectivity index (χ2n) is 10.2. The first-order valence-corrected chi connectivity index (χ1v) is 13.9. The van der Waals surface area contributed by atoms with Crippen LogP contribution in [0.4, 0.5) is 4.39 Å². The van der Waals surface area contributed by atoms with Gasteiger partial charge in [-0.1, -0.05) is 73.8 Å². The highest BCUT2D eigenvalue weighted by molar-refractivity contribution is 6.05. The highest BCUT2D eigenvalue weighted by atomic mass is 19.1. The second-order valence-corrected chi connectivity index (χ2v) is 10.2. The Kier molecular flexibility index (Phi) is 10.5. The van der Waals surface area contributed by atoms with Crippen molar-refractivity contribution in [2.75, 3.05) is 32.8 Å². The molecule has 1 heterocycles. The summed E-state index contributed by atoms with van der Waals surface area (Å²) in [6.07, 6.45) is 11.4. The minimum absolute atomic E-state index is 0.200. The highest BCUT2D eigenvalue weighted by Crippen LogP contribution is 2.31. The maximum atomic E-state index is 13.4. The van der Waals surface area contributed by atoms with Crippen LogP contribution in [0.5, 0.6) is 0 Å². The lowest BCUT2D eigenvalue weighted by molar-refractivity contribution is 0.0797. The first kappa shape index (κ1) is 26.6. The van der Waals surface area contributed by atoms with Gasteiger partial charge in [0.15, 0.2) is 0 Å². The molecular weight excluding hydrogens is 449 g/mol. The standard InChI is InChI=1S/C31H42FN3O/c1-2-3-5-11-27-12-8-13-28(22-26-14-16-29(32)17-15-26)31(27)34-36-21-20-35-19-18-33-24-30(35)23-25-9-6-4-7-10-25/h4,6-7,9-10,14-17,22,27,30,33H,2-3,5,8,11-13,18-21,23-24H2,1H3/b28-22+,34-31+. The molecule has 2 aromatic carbocycles. The van der Waals surface area contributed by atoms with Gasteiger partial charge in [0.25, 0.3) is 0 Å². The molecule has 2 aliphatic rings. The zero-order valence-corrected chi connectivity index (χ0v) is 21.8. The van der Waals surface area contributed by atoms with E-state index >= 15 is 0 Å². The van der Waals surface area contributed by atoms with E-state index in [1.54, 1.807) is 0 Å². The molecule has 1 N–H and O–H groups in total. The third-order valence-electron chi connectivity index (χ3n) is 7.50. The minimum Gasteiger partial charge on any atom is -0.394 e. The molecule has 2 fully saturated rings. The van der Waals surface area contributed by atoms with Gasteiger partial charge in [-0.25, -0.2) is 4.39 Å². The van der Waals surface area contributed by atoms with Crippen LogP contribution in [0.15, 0.2) is 65.3 Å². The number of hydrogen-bond donors (Lipinski definition) is 1. The van der Waals surface area contributed by atoms with Crippen LogP contribution < -0.4 is 5.32 Å². The van der Waals surface area contributed by atoms with Crippen LogP contribution in [0.1, 0.15) is 63.0 Å². The zero-order valence-electron chi connectivity index (χ0n) is 21.8.